The molecule has 1 aliphatic heterocycles. The summed E-state index contributed by atoms with van der Waals surface area (Å²) in [6, 6.07) is 0. The molecule has 2 nitrogen and oxygen atoms in total. The van der Waals surface area contributed by atoms with Gasteiger partial charge in [0.25, 0.3) is 0 Å². The van der Waals surface area contributed by atoms with Gasteiger partial charge < -0.3 is 4.74 Å². The highest BCUT2D eigenvalue weighted by atomic mass is 16.5. The van der Waals surface area contributed by atoms with E-state index in [4.69, 9.17) is 4.74 Å². The van der Waals surface area contributed by atoms with Gasteiger partial charge >= 0.3 is 5.97 Å². The second-order valence-corrected chi connectivity index (χ2v) is 5.58. The molecule has 1 rings (SSSR count). The van der Waals surface area contributed by atoms with Crippen LogP contribution in [0, 0.1) is 0 Å². The molecule has 0 aromatic heterocycles. The number of hydrogen-bond acceptors (Lipinski definition) is 2. The van der Waals surface area contributed by atoms with Crippen molar-refractivity contribution in [2.75, 3.05) is 0 Å². The maximum atomic E-state index is 11.7. The minimum atomic E-state index is 0.00271. The van der Waals surface area contributed by atoms with E-state index >= 15 is 0 Å². The zero-order valence-corrected chi connectivity index (χ0v) is 12.5. The summed E-state index contributed by atoms with van der Waals surface area (Å²) >= 11 is 0. The molecule has 0 aromatic rings. The largest absolute Gasteiger partial charge is 0.462 e. The first-order valence-electron chi connectivity index (χ1n) is 8.17. The van der Waals surface area contributed by atoms with Crippen molar-refractivity contribution in [3.8, 4) is 0 Å². The van der Waals surface area contributed by atoms with Gasteiger partial charge in [-0.05, 0) is 51.4 Å². The number of carbonyl (C=O) groups excluding carboxylic acids is 1. The molecule has 0 spiro atoms. The van der Waals surface area contributed by atoms with Crippen LogP contribution in [0.25, 0.3) is 0 Å². The zero-order chi connectivity index (χ0) is 13.8. The summed E-state index contributed by atoms with van der Waals surface area (Å²) in [4.78, 5) is 11.7. The Morgan fingerprint density at radius 3 is 2.37 bits per heavy atom. The molecule has 0 radical (unpaired) electrons. The molecule has 0 saturated heterocycles. The van der Waals surface area contributed by atoms with E-state index in [1.807, 2.05) is 0 Å². The van der Waals surface area contributed by atoms with Crippen molar-refractivity contribution < 1.29 is 9.53 Å². The summed E-state index contributed by atoms with van der Waals surface area (Å²) in [6.45, 7) is 2.11. The highest BCUT2D eigenvalue weighted by Crippen LogP contribution is 2.15. The van der Waals surface area contributed by atoms with Gasteiger partial charge in [-0.3, -0.25) is 4.79 Å². The third-order valence-electron chi connectivity index (χ3n) is 3.82. The predicted molar refractivity (Wildman–Crippen MR) is 80.1 cm³/mol. The molecule has 2 heteroatoms. The van der Waals surface area contributed by atoms with E-state index in [1.54, 1.807) is 0 Å². The van der Waals surface area contributed by atoms with Crippen LogP contribution in [0.15, 0.2) is 12.2 Å². The summed E-state index contributed by atoms with van der Waals surface area (Å²) < 4.78 is 5.54. The molecule has 19 heavy (non-hydrogen) atoms. The second kappa shape index (κ2) is 11.1. The van der Waals surface area contributed by atoms with E-state index in [2.05, 4.69) is 19.1 Å². The lowest BCUT2D eigenvalue weighted by Crippen LogP contribution is -2.17. The molecule has 0 bridgehead atoms. The molecule has 0 amide bonds. The average molecular weight is 266 g/mol. The Morgan fingerprint density at radius 1 is 1.00 bits per heavy atom. The number of allylic oxidation sites excluding steroid dienone is 2. The van der Waals surface area contributed by atoms with Crippen LogP contribution in [0.1, 0.15) is 84.0 Å². The van der Waals surface area contributed by atoms with E-state index in [-0.39, 0.29) is 12.1 Å². The molecule has 0 aliphatic carbocycles. The standard InChI is InChI=1S/C17H30O2/c1-2-16-14-12-10-8-6-4-3-5-7-9-11-13-15-17(18)19-16/h5,7,16H,2-4,6,8-15H2,1H3. The topological polar surface area (TPSA) is 26.3 Å². The minimum absolute atomic E-state index is 0.00271. The third kappa shape index (κ3) is 8.85. The van der Waals surface area contributed by atoms with Gasteiger partial charge in [-0.1, -0.05) is 38.3 Å². The third-order valence-corrected chi connectivity index (χ3v) is 3.82. The summed E-state index contributed by atoms with van der Waals surface area (Å²) in [7, 11) is 0. The van der Waals surface area contributed by atoms with Crippen LogP contribution in [-0.4, -0.2) is 12.1 Å². The maximum absolute atomic E-state index is 11.7. The van der Waals surface area contributed by atoms with E-state index in [0.717, 1.165) is 32.1 Å². The van der Waals surface area contributed by atoms with Crippen molar-refractivity contribution in [2.45, 2.75) is 90.1 Å². The van der Waals surface area contributed by atoms with Gasteiger partial charge in [0.2, 0.25) is 0 Å². The molecular weight excluding hydrogens is 236 g/mol. The number of rotatable bonds is 1. The van der Waals surface area contributed by atoms with Crippen LogP contribution < -0.4 is 0 Å². The number of cyclic esters (lactones) is 1. The Balaban J connectivity index is 2.34. The minimum Gasteiger partial charge on any atom is -0.462 e. The Labute approximate surface area is 118 Å². The molecule has 1 aliphatic rings. The van der Waals surface area contributed by atoms with Gasteiger partial charge in [0.05, 0.1) is 0 Å². The van der Waals surface area contributed by atoms with Crippen LogP contribution in [0.2, 0.25) is 0 Å². The van der Waals surface area contributed by atoms with Crippen molar-refractivity contribution >= 4 is 5.97 Å². The molecule has 110 valence electrons. The van der Waals surface area contributed by atoms with Crippen LogP contribution >= 0.6 is 0 Å². The molecular formula is C17H30O2. The first kappa shape index (κ1) is 16.3. The van der Waals surface area contributed by atoms with Crippen molar-refractivity contribution in [3.63, 3.8) is 0 Å². The predicted octanol–water partition coefficient (Wildman–Crippen LogP) is 5.17. The van der Waals surface area contributed by atoms with Crippen molar-refractivity contribution in [1.29, 1.82) is 0 Å². The lowest BCUT2D eigenvalue weighted by atomic mass is 10.0. The molecule has 1 unspecified atom stereocenters. The van der Waals surface area contributed by atoms with E-state index in [0.29, 0.717) is 6.42 Å². The Hall–Kier alpha value is -0.790. The maximum Gasteiger partial charge on any atom is 0.306 e. The highest BCUT2D eigenvalue weighted by Gasteiger charge is 2.11. The van der Waals surface area contributed by atoms with Gasteiger partial charge in [-0.2, -0.15) is 0 Å². The SMILES string of the molecule is CCC1CCCCCCCC=CCCCCC(=O)O1. The van der Waals surface area contributed by atoms with Gasteiger partial charge in [0.15, 0.2) is 0 Å². The molecule has 0 fully saturated rings. The van der Waals surface area contributed by atoms with Crippen molar-refractivity contribution in [2.24, 2.45) is 0 Å². The summed E-state index contributed by atoms with van der Waals surface area (Å²) in [5.74, 6) is 0.00271. The monoisotopic (exact) mass is 266 g/mol. The van der Waals surface area contributed by atoms with Gasteiger partial charge in [0.1, 0.15) is 6.10 Å². The Kier molecular flexibility index (Phi) is 9.48. The van der Waals surface area contributed by atoms with Gasteiger partial charge in [0, 0.05) is 6.42 Å². The van der Waals surface area contributed by atoms with Gasteiger partial charge in [-0.25, -0.2) is 0 Å². The highest BCUT2D eigenvalue weighted by molar-refractivity contribution is 5.69. The first-order valence-corrected chi connectivity index (χ1v) is 8.17. The molecule has 1 atom stereocenters. The molecule has 0 saturated carbocycles. The Morgan fingerprint density at radius 2 is 1.63 bits per heavy atom. The summed E-state index contributed by atoms with van der Waals surface area (Å²) in [5, 5.41) is 0. The lowest BCUT2D eigenvalue weighted by Gasteiger charge is -2.16. The number of esters is 1. The normalized spacial score (nSPS) is 24.9. The van der Waals surface area contributed by atoms with E-state index in [1.165, 1.54) is 38.5 Å². The molecule has 0 aromatic carbocycles. The van der Waals surface area contributed by atoms with E-state index in [9.17, 15) is 4.79 Å². The zero-order valence-electron chi connectivity index (χ0n) is 12.5. The quantitative estimate of drug-likeness (QED) is 0.483. The van der Waals surface area contributed by atoms with Gasteiger partial charge in [-0.15, -0.1) is 0 Å². The number of carbonyl (C=O) groups is 1. The summed E-state index contributed by atoms with van der Waals surface area (Å²) in [5.41, 5.74) is 0. The Bertz CT molecular complexity index is 258. The molecule has 1 heterocycles. The second-order valence-electron chi connectivity index (χ2n) is 5.58. The molecule has 0 N–H and O–H groups in total. The van der Waals surface area contributed by atoms with Crippen LogP contribution in [-0.2, 0) is 9.53 Å². The summed E-state index contributed by atoms with van der Waals surface area (Å²) in [6.07, 6.45) is 18.1. The fraction of sp³-hybridized carbons (Fsp3) is 0.824. The van der Waals surface area contributed by atoms with Crippen molar-refractivity contribution in [1.82, 2.24) is 0 Å². The van der Waals surface area contributed by atoms with Crippen LogP contribution in [0.3, 0.4) is 0 Å². The fourth-order valence-electron chi connectivity index (χ4n) is 2.52. The number of hydrogen-bond donors (Lipinski definition) is 0. The smallest absolute Gasteiger partial charge is 0.306 e. The lowest BCUT2D eigenvalue weighted by molar-refractivity contribution is -0.149. The van der Waals surface area contributed by atoms with Crippen LogP contribution in [0.5, 0.6) is 0 Å². The first-order chi connectivity index (χ1) is 9.33. The van der Waals surface area contributed by atoms with Crippen LogP contribution in [0.4, 0.5) is 0 Å². The average Bonchev–Trinajstić information content (AvgIpc) is 2.41. The van der Waals surface area contributed by atoms with E-state index < -0.39 is 0 Å². The fourth-order valence-corrected chi connectivity index (χ4v) is 2.52. The van der Waals surface area contributed by atoms with Crippen molar-refractivity contribution in [3.05, 3.63) is 12.2 Å². The number of ether oxygens (including phenoxy) is 1.